The van der Waals surface area contributed by atoms with E-state index in [2.05, 4.69) is 20.9 Å². The molecule has 0 aromatic carbocycles. The molecule has 0 spiro atoms. The number of pyridine rings is 1. The van der Waals surface area contributed by atoms with Gasteiger partial charge >= 0.3 is 0 Å². The summed E-state index contributed by atoms with van der Waals surface area (Å²) in [6, 6.07) is 3.62. The summed E-state index contributed by atoms with van der Waals surface area (Å²) in [6.45, 7) is 1.62. The predicted molar refractivity (Wildman–Crippen MR) is 50.6 cm³/mol. The molecule has 1 aromatic heterocycles. The molecule has 0 unspecified atom stereocenters. The van der Waals surface area contributed by atoms with Gasteiger partial charge in [0.15, 0.2) is 0 Å². The highest BCUT2D eigenvalue weighted by Gasteiger charge is 2.21. The lowest BCUT2D eigenvalue weighted by Crippen LogP contribution is -2.37. The molecule has 1 heterocycles. The highest BCUT2D eigenvalue weighted by atomic mass is 79.9. The van der Waals surface area contributed by atoms with Gasteiger partial charge in [0.1, 0.15) is 0 Å². The molecule has 0 amide bonds. The van der Waals surface area contributed by atoms with E-state index in [1.54, 1.807) is 19.2 Å². The van der Waals surface area contributed by atoms with Crippen LogP contribution in [0.1, 0.15) is 12.6 Å². The van der Waals surface area contributed by atoms with Crippen LogP contribution in [0.15, 0.2) is 22.8 Å². The van der Waals surface area contributed by atoms with Gasteiger partial charge in [-0.15, -0.1) is 0 Å². The van der Waals surface area contributed by atoms with Crippen LogP contribution in [0.4, 0.5) is 0 Å². The van der Waals surface area contributed by atoms with Crippen LogP contribution < -0.4 is 5.73 Å². The van der Waals surface area contributed by atoms with Crippen molar-refractivity contribution in [1.29, 1.82) is 0 Å². The van der Waals surface area contributed by atoms with Crippen LogP contribution >= 0.6 is 15.9 Å². The second-order valence-corrected chi connectivity index (χ2v) is 3.85. The average molecular weight is 231 g/mol. The second kappa shape index (κ2) is 3.51. The minimum atomic E-state index is -0.760. The number of aliphatic hydroxyl groups excluding tert-OH is 1. The first-order valence-corrected chi connectivity index (χ1v) is 4.37. The number of aliphatic hydroxyl groups is 1. The Labute approximate surface area is 79.7 Å². The summed E-state index contributed by atoms with van der Waals surface area (Å²) >= 11 is 3.31. The Morgan fingerprint density at radius 2 is 2.42 bits per heavy atom. The Bertz CT molecular complexity index is 276. The van der Waals surface area contributed by atoms with Gasteiger partial charge in [-0.2, -0.15) is 0 Å². The first-order valence-electron chi connectivity index (χ1n) is 3.58. The smallest absolute Gasteiger partial charge is 0.0789 e. The van der Waals surface area contributed by atoms with Crippen molar-refractivity contribution < 1.29 is 5.11 Å². The lowest BCUT2D eigenvalue weighted by atomic mass is 10.0. The molecule has 66 valence electrons. The van der Waals surface area contributed by atoms with Crippen molar-refractivity contribution in [2.75, 3.05) is 6.61 Å². The molecule has 12 heavy (non-hydrogen) atoms. The van der Waals surface area contributed by atoms with E-state index in [1.807, 2.05) is 6.07 Å². The normalized spacial score (nSPS) is 15.7. The molecule has 0 aliphatic rings. The van der Waals surface area contributed by atoms with Crippen molar-refractivity contribution in [3.05, 3.63) is 28.5 Å². The predicted octanol–water partition coefficient (Wildman–Crippen LogP) is 1.01. The van der Waals surface area contributed by atoms with Crippen LogP contribution in [0.2, 0.25) is 0 Å². The number of nitrogens with zero attached hydrogens (tertiary/aromatic N) is 1. The van der Waals surface area contributed by atoms with Crippen LogP contribution in [-0.2, 0) is 5.54 Å². The Morgan fingerprint density at radius 3 is 2.92 bits per heavy atom. The summed E-state index contributed by atoms with van der Waals surface area (Å²) < 4.78 is 0.914. The third kappa shape index (κ3) is 2.03. The number of hydrogen-bond donors (Lipinski definition) is 2. The summed E-state index contributed by atoms with van der Waals surface area (Å²) in [5.41, 5.74) is 5.69. The summed E-state index contributed by atoms with van der Waals surface area (Å²) in [5, 5.41) is 8.96. The summed E-state index contributed by atoms with van der Waals surface area (Å²) in [5.74, 6) is 0. The van der Waals surface area contributed by atoms with E-state index >= 15 is 0 Å². The fourth-order valence-corrected chi connectivity index (χ4v) is 1.13. The topological polar surface area (TPSA) is 59.1 Å². The molecule has 0 saturated heterocycles. The average Bonchev–Trinajstić information content (AvgIpc) is 2.05. The van der Waals surface area contributed by atoms with Gasteiger partial charge < -0.3 is 10.8 Å². The molecule has 0 fully saturated rings. The molecule has 0 radical (unpaired) electrons. The molecule has 1 rings (SSSR count). The SMILES string of the molecule is C[C@@](N)(CO)c1cc(Br)ccn1. The molecule has 3 nitrogen and oxygen atoms in total. The Morgan fingerprint density at radius 1 is 1.75 bits per heavy atom. The Hall–Kier alpha value is -0.450. The maximum absolute atomic E-state index is 8.96. The standard InChI is InChI=1S/C8H11BrN2O/c1-8(10,5-12)7-4-6(9)2-3-11-7/h2-4,12H,5,10H2,1H3/t8-/m1/s1. The minimum Gasteiger partial charge on any atom is -0.394 e. The number of aromatic nitrogens is 1. The monoisotopic (exact) mass is 230 g/mol. The molecule has 0 bridgehead atoms. The lowest BCUT2D eigenvalue weighted by Gasteiger charge is -2.20. The third-order valence-electron chi connectivity index (χ3n) is 1.64. The fraction of sp³-hybridized carbons (Fsp3) is 0.375. The number of rotatable bonds is 2. The zero-order valence-corrected chi connectivity index (χ0v) is 8.37. The van der Waals surface area contributed by atoms with Gasteiger partial charge in [-0.05, 0) is 19.1 Å². The molecular formula is C8H11BrN2O. The highest BCUT2D eigenvalue weighted by Crippen LogP contribution is 2.18. The van der Waals surface area contributed by atoms with Crippen molar-refractivity contribution in [2.24, 2.45) is 5.73 Å². The number of hydrogen-bond acceptors (Lipinski definition) is 3. The number of halogens is 1. The molecule has 3 N–H and O–H groups in total. The van der Waals surface area contributed by atoms with E-state index in [9.17, 15) is 0 Å². The summed E-state index contributed by atoms with van der Waals surface area (Å²) in [4.78, 5) is 4.07. The molecule has 1 aromatic rings. The summed E-state index contributed by atoms with van der Waals surface area (Å²) in [7, 11) is 0. The second-order valence-electron chi connectivity index (χ2n) is 2.93. The van der Waals surface area contributed by atoms with Gasteiger partial charge in [0.25, 0.3) is 0 Å². The van der Waals surface area contributed by atoms with Gasteiger partial charge in [0.05, 0.1) is 17.8 Å². The molecule has 1 atom stereocenters. The van der Waals surface area contributed by atoms with E-state index < -0.39 is 5.54 Å². The van der Waals surface area contributed by atoms with Crippen molar-refractivity contribution in [3.63, 3.8) is 0 Å². The van der Waals surface area contributed by atoms with Gasteiger partial charge in [-0.25, -0.2) is 0 Å². The zero-order valence-electron chi connectivity index (χ0n) is 6.79. The molecule has 0 aliphatic carbocycles. The van der Waals surface area contributed by atoms with E-state index in [4.69, 9.17) is 10.8 Å². The first-order chi connectivity index (χ1) is 5.56. The molecule has 4 heteroatoms. The first kappa shape index (κ1) is 9.64. The molecule has 0 aliphatic heterocycles. The van der Waals surface area contributed by atoms with Crippen molar-refractivity contribution in [2.45, 2.75) is 12.5 Å². The van der Waals surface area contributed by atoms with Gasteiger partial charge in [-0.3, -0.25) is 4.98 Å². The van der Waals surface area contributed by atoms with Gasteiger partial charge in [-0.1, -0.05) is 15.9 Å². The summed E-state index contributed by atoms with van der Waals surface area (Å²) in [6.07, 6.45) is 1.65. The molecular weight excluding hydrogens is 220 g/mol. The third-order valence-corrected chi connectivity index (χ3v) is 2.13. The Kier molecular flexibility index (Phi) is 2.82. The number of nitrogens with two attached hydrogens (primary N) is 1. The van der Waals surface area contributed by atoms with Gasteiger partial charge in [0, 0.05) is 10.7 Å². The van der Waals surface area contributed by atoms with E-state index in [1.165, 1.54) is 0 Å². The van der Waals surface area contributed by atoms with Crippen LogP contribution in [-0.4, -0.2) is 16.7 Å². The van der Waals surface area contributed by atoms with E-state index in [0.717, 1.165) is 4.47 Å². The van der Waals surface area contributed by atoms with Crippen LogP contribution in [0.3, 0.4) is 0 Å². The quantitative estimate of drug-likeness (QED) is 0.798. The maximum Gasteiger partial charge on any atom is 0.0789 e. The minimum absolute atomic E-state index is 0.115. The largest absolute Gasteiger partial charge is 0.394 e. The van der Waals surface area contributed by atoms with Crippen LogP contribution in [0.25, 0.3) is 0 Å². The van der Waals surface area contributed by atoms with E-state index in [0.29, 0.717) is 5.69 Å². The molecule has 0 saturated carbocycles. The Balaban J connectivity index is 3.03. The maximum atomic E-state index is 8.96. The van der Waals surface area contributed by atoms with E-state index in [-0.39, 0.29) is 6.61 Å². The zero-order chi connectivity index (χ0) is 9.19. The van der Waals surface area contributed by atoms with Gasteiger partial charge in [0.2, 0.25) is 0 Å². The van der Waals surface area contributed by atoms with Crippen molar-refractivity contribution in [1.82, 2.24) is 4.98 Å². The van der Waals surface area contributed by atoms with Crippen LogP contribution in [0.5, 0.6) is 0 Å². The van der Waals surface area contributed by atoms with Crippen molar-refractivity contribution in [3.8, 4) is 0 Å². The lowest BCUT2D eigenvalue weighted by molar-refractivity contribution is 0.206. The van der Waals surface area contributed by atoms with Crippen molar-refractivity contribution >= 4 is 15.9 Å². The fourth-order valence-electron chi connectivity index (χ4n) is 0.798. The highest BCUT2D eigenvalue weighted by molar-refractivity contribution is 9.10. The van der Waals surface area contributed by atoms with Crippen LogP contribution in [0, 0.1) is 0 Å².